The first-order chi connectivity index (χ1) is 26.2. The largest absolute Gasteiger partial charge is 0.221 e. The van der Waals surface area contributed by atoms with E-state index < -0.39 is 0 Å². The van der Waals surface area contributed by atoms with Crippen LogP contribution in [0.1, 0.15) is 57.2 Å². The second-order valence-corrected chi connectivity index (χ2v) is 18.9. The Morgan fingerprint density at radius 2 is 1.17 bits per heavy atom. The van der Waals surface area contributed by atoms with Crippen molar-refractivity contribution in [3.63, 3.8) is 0 Å². The van der Waals surface area contributed by atoms with Crippen LogP contribution >= 0.6 is 23.5 Å². The first-order valence-corrected chi connectivity index (χ1v) is 21.1. The molecule has 2 aliphatic heterocycles. The molecule has 0 radical (unpaired) electrons. The highest BCUT2D eigenvalue weighted by molar-refractivity contribution is 8.04. The minimum Gasteiger partial charge on any atom is -0.119 e. The summed E-state index contributed by atoms with van der Waals surface area (Å²) in [5, 5.41) is 5.55. The molecule has 0 spiro atoms. The van der Waals surface area contributed by atoms with Crippen LogP contribution in [0.25, 0.3) is 49.4 Å². The molecule has 7 aromatic carbocycles. The molecular weight excluding hydrogens is 688 g/mol. The van der Waals surface area contributed by atoms with Crippen LogP contribution in [-0.4, -0.2) is 12.0 Å². The summed E-state index contributed by atoms with van der Waals surface area (Å²) in [6.45, 7) is 12.0. The van der Waals surface area contributed by atoms with E-state index in [0.717, 1.165) is 0 Å². The molecule has 0 amide bonds. The molecule has 0 aromatic heterocycles. The quantitative estimate of drug-likeness (QED) is 0.131. The predicted octanol–water partition coefficient (Wildman–Crippen LogP) is 13.3. The molecule has 262 valence electrons. The minimum atomic E-state index is 0.104. The summed E-state index contributed by atoms with van der Waals surface area (Å²) in [6.07, 6.45) is 5.16. The monoisotopic (exact) mass is 730 g/mol. The molecule has 3 heteroatoms. The van der Waals surface area contributed by atoms with Crippen LogP contribution in [0.2, 0.25) is 5.82 Å². The van der Waals surface area contributed by atoms with E-state index in [0.29, 0.717) is 23.7 Å². The van der Waals surface area contributed by atoms with Crippen molar-refractivity contribution in [1.29, 1.82) is 0 Å². The fourth-order valence-corrected chi connectivity index (χ4v) is 12.0. The number of thioether (sulfide) groups is 2. The summed E-state index contributed by atoms with van der Waals surface area (Å²) < 4.78 is 0. The SMILES string of the molecule is CC(C)c1cc(C2=CC3Sc4cc(C(C)(C)C)ccc4B4c5ccccc5SC(=C2)C43)cc(-c2c3ccccc3c(-c3ccccc3)c3ccccc23)c1. The Balaban J connectivity index is 1.18. The Labute approximate surface area is 328 Å². The smallest absolute Gasteiger partial charge is 0.119 e. The average Bonchev–Trinajstić information content (AvgIpc) is 3.19. The predicted molar refractivity (Wildman–Crippen MR) is 238 cm³/mol. The molecule has 10 rings (SSSR count). The van der Waals surface area contributed by atoms with Gasteiger partial charge in [-0.25, -0.2) is 0 Å². The third-order valence-corrected chi connectivity index (χ3v) is 14.4. The molecule has 3 aliphatic rings. The van der Waals surface area contributed by atoms with Gasteiger partial charge in [0.25, 0.3) is 0 Å². The van der Waals surface area contributed by atoms with E-state index in [-0.39, 0.29) is 5.41 Å². The zero-order chi connectivity index (χ0) is 36.7. The molecule has 54 heavy (non-hydrogen) atoms. The number of hydrogen-bond donors (Lipinski definition) is 0. The van der Waals surface area contributed by atoms with Crippen molar-refractivity contribution in [3.05, 3.63) is 173 Å². The van der Waals surface area contributed by atoms with E-state index >= 15 is 0 Å². The van der Waals surface area contributed by atoms with Gasteiger partial charge >= 0.3 is 0 Å². The van der Waals surface area contributed by atoms with Crippen LogP contribution in [0.15, 0.2) is 166 Å². The molecule has 0 saturated carbocycles. The van der Waals surface area contributed by atoms with Crippen LogP contribution in [-0.2, 0) is 5.41 Å². The Morgan fingerprint density at radius 1 is 0.574 bits per heavy atom. The van der Waals surface area contributed by atoms with Crippen molar-refractivity contribution in [2.24, 2.45) is 0 Å². The third kappa shape index (κ3) is 5.54. The lowest BCUT2D eigenvalue weighted by atomic mass is 9.32. The van der Waals surface area contributed by atoms with Crippen molar-refractivity contribution in [2.75, 3.05) is 0 Å². The minimum absolute atomic E-state index is 0.104. The molecule has 0 bridgehead atoms. The van der Waals surface area contributed by atoms with Crippen molar-refractivity contribution in [3.8, 4) is 22.3 Å². The van der Waals surface area contributed by atoms with E-state index in [1.807, 2.05) is 11.8 Å². The zero-order valence-electron chi connectivity index (χ0n) is 31.6. The number of fused-ring (bicyclic) bond motifs is 6. The summed E-state index contributed by atoms with van der Waals surface area (Å²) in [4.78, 5) is 4.34. The topological polar surface area (TPSA) is 0 Å². The van der Waals surface area contributed by atoms with Gasteiger partial charge in [0.05, 0.1) is 0 Å². The highest BCUT2D eigenvalue weighted by Crippen LogP contribution is 2.54. The van der Waals surface area contributed by atoms with Gasteiger partial charge < -0.3 is 0 Å². The Bertz CT molecular complexity index is 2640. The molecule has 2 unspecified atom stereocenters. The van der Waals surface area contributed by atoms with Gasteiger partial charge in [-0.2, -0.15) is 0 Å². The number of hydrogen-bond acceptors (Lipinski definition) is 2. The van der Waals surface area contributed by atoms with Crippen molar-refractivity contribution in [1.82, 2.24) is 0 Å². The van der Waals surface area contributed by atoms with Crippen molar-refractivity contribution < 1.29 is 0 Å². The molecular formula is C51H43BS2. The normalized spacial score (nSPS) is 17.6. The van der Waals surface area contributed by atoms with E-state index in [4.69, 9.17) is 0 Å². The van der Waals surface area contributed by atoms with Crippen LogP contribution in [0.3, 0.4) is 0 Å². The lowest BCUT2D eigenvalue weighted by Gasteiger charge is -2.43. The highest BCUT2D eigenvalue weighted by Gasteiger charge is 2.47. The van der Waals surface area contributed by atoms with Gasteiger partial charge in [0, 0.05) is 15.0 Å². The summed E-state index contributed by atoms with van der Waals surface area (Å²) in [5.74, 6) is 0.819. The number of rotatable bonds is 4. The summed E-state index contributed by atoms with van der Waals surface area (Å²) in [5.41, 5.74) is 13.7. The third-order valence-electron chi connectivity index (χ3n) is 11.9. The second-order valence-electron chi connectivity index (χ2n) is 16.6. The van der Waals surface area contributed by atoms with Gasteiger partial charge in [-0.15, -0.1) is 11.8 Å². The Morgan fingerprint density at radius 3 is 1.83 bits per heavy atom. The number of benzene rings is 7. The van der Waals surface area contributed by atoms with Gasteiger partial charge in [-0.1, -0.05) is 185 Å². The van der Waals surface area contributed by atoms with Gasteiger partial charge in [0.15, 0.2) is 0 Å². The number of allylic oxidation sites excluding steroid dienone is 3. The molecule has 0 nitrogen and oxygen atoms in total. The lowest BCUT2D eigenvalue weighted by Crippen LogP contribution is -2.55. The molecule has 2 heterocycles. The fraction of sp³-hybridized carbons (Fsp3) is 0.176. The molecule has 1 aliphatic carbocycles. The second kappa shape index (κ2) is 13.0. The first kappa shape index (κ1) is 33.8. The van der Waals surface area contributed by atoms with Crippen LogP contribution in [0, 0.1) is 0 Å². The average molecular weight is 731 g/mol. The molecule has 7 aromatic rings. The maximum absolute atomic E-state index is 2.62. The van der Waals surface area contributed by atoms with Crippen LogP contribution in [0.4, 0.5) is 0 Å². The molecule has 2 atom stereocenters. The van der Waals surface area contributed by atoms with Crippen molar-refractivity contribution >= 4 is 68.3 Å². The maximum Gasteiger partial charge on any atom is 0.221 e. The Kier molecular flexibility index (Phi) is 8.13. The van der Waals surface area contributed by atoms with Crippen molar-refractivity contribution in [2.45, 2.75) is 66.8 Å². The standard InChI is InChI=1S/C51H43BS2/c1-31(2)33-25-34(27-36(26-33)49-40-19-11-9-17-38(40)48(32-15-7-6-8-16-32)39-18-10-12-20-41(39)49)35-28-46-50-47(29-35)54-45-30-37(51(3,4)5)23-24-43(45)52(50)42-21-13-14-22-44(42)53-46/h6-31,47,50H,1-5H3. The van der Waals surface area contributed by atoms with E-state index in [1.165, 1.54) is 91.7 Å². The highest BCUT2D eigenvalue weighted by atomic mass is 32.2. The van der Waals surface area contributed by atoms with Crippen LogP contribution < -0.4 is 10.9 Å². The van der Waals surface area contributed by atoms with Gasteiger partial charge in [0.2, 0.25) is 6.71 Å². The fourth-order valence-electron chi connectivity index (χ4n) is 9.15. The van der Waals surface area contributed by atoms with E-state index in [9.17, 15) is 0 Å². The van der Waals surface area contributed by atoms with Gasteiger partial charge in [-0.05, 0) is 112 Å². The van der Waals surface area contributed by atoms with E-state index in [2.05, 4.69) is 198 Å². The summed E-state index contributed by atoms with van der Waals surface area (Å²) >= 11 is 4.08. The Hall–Kier alpha value is -4.70. The zero-order valence-corrected chi connectivity index (χ0v) is 33.2. The lowest BCUT2D eigenvalue weighted by molar-refractivity contribution is 0.589. The first-order valence-electron chi connectivity index (χ1n) is 19.4. The summed E-state index contributed by atoms with van der Waals surface area (Å²) in [7, 11) is 0. The van der Waals surface area contributed by atoms with Crippen LogP contribution in [0.5, 0.6) is 0 Å². The molecule has 0 N–H and O–H groups in total. The molecule has 0 fully saturated rings. The maximum atomic E-state index is 2.62. The van der Waals surface area contributed by atoms with Gasteiger partial charge in [0.1, 0.15) is 0 Å². The van der Waals surface area contributed by atoms with Gasteiger partial charge in [-0.3, -0.25) is 0 Å². The molecule has 0 saturated heterocycles. The van der Waals surface area contributed by atoms with E-state index in [1.54, 1.807) is 0 Å². The summed E-state index contributed by atoms with van der Waals surface area (Å²) in [6, 6.07) is 52.9.